The second-order valence-electron chi connectivity index (χ2n) is 3.18. The van der Waals surface area contributed by atoms with Crippen LogP contribution in [-0.4, -0.2) is 14.8 Å². The fourth-order valence-electron chi connectivity index (χ4n) is 1.29. The molecule has 0 aliphatic heterocycles. The van der Waals surface area contributed by atoms with Crippen LogP contribution in [0.15, 0.2) is 30.7 Å². The van der Waals surface area contributed by atoms with Gasteiger partial charge in [-0.3, -0.25) is 4.68 Å². The Morgan fingerprint density at radius 1 is 1.47 bits per heavy atom. The molecule has 2 heterocycles. The number of aryl methyl sites for hydroxylation is 1. The third-order valence-corrected chi connectivity index (χ3v) is 2.03. The fraction of sp³-hybridized carbons (Fsp3) is 0.200. The van der Waals surface area contributed by atoms with Crippen LogP contribution in [0.5, 0.6) is 0 Å². The molecule has 78 valence electrons. The highest BCUT2D eigenvalue weighted by atomic mass is 15.3. The first-order valence-electron chi connectivity index (χ1n) is 4.79. The van der Waals surface area contributed by atoms with Crippen LogP contribution in [0.25, 0.3) is 0 Å². The summed E-state index contributed by atoms with van der Waals surface area (Å²) in [7, 11) is 0. The summed E-state index contributed by atoms with van der Waals surface area (Å²) < 4.78 is 1.85. The van der Waals surface area contributed by atoms with Crippen LogP contribution < -0.4 is 11.1 Å². The van der Waals surface area contributed by atoms with Gasteiger partial charge in [-0.15, -0.1) is 0 Å². The Morgan fingerprint density at radius 2 is 2.33 bits per heavy atom. The first kappa shape index (κ1) is 9.51. The van der Waals surface area contributed by atoms with Crippen LogP contribution in [0.3, 0.4) is 0 Å². The van der Waals surface area contributed by atoms with Gasteiger partial charge in [0.25, 0.3) is 0 Å². The molecule has 0 atom stereocenters. The molecule has 0 fully saturated rings. The summed E-state index contributed by atoms with van der Waals surface area (Å²) in [5, 5.41) is 7.36. The van der Waals surface area contributed by atoms with Crippen molar-refractivity contribution in [3.63, 3.8) is 0 Å². The second-order valence-corrected chi connectivity index (χ2v) is 3.18. The standard InChI is InChI=1S/C10H13N5/c1-2-15-7-9(6-13-15)14-8-3-4-12-10(11)5-8/h3-7H,2H2,1H3,(H3,11,12,14). The van der Waals surface area contributed by atoms with Crippen molar-refractivity contribution in [1.82, 2.24) is 14.8 Å². The van der Waals surface area contributed by atoms with E-state index in [2.05, 4.69) is 15.4 Å². The molecular formula is C10H13N5. The van der Waals surface area contributed by atoms with Crippen LogP contribution in [0, 0.1) is 0 Å². The molecule has 0 spiro atoms. The Kier molecular flexibility index (Phi) is 2.53. The number of pyridine rings is 1. The Hall–Kier alpha value is -2.04. The second kappa shape index (κ2) is 4.00. The zero-order chi connectivity index (χ0) is 10.7. The first-order chi connectivity index (χ1) is 7.28. The summed E-state index contributed by atoms with van der Waals surface area (Å²) >= 11 is 0. The van der Waals surface area contributed by atoms with Gasteiger partial charge in [0.2, 0.25) is 0 Å². The monoisotopic (exact) mass is 203 g/mol. The minimum absolute atomic E-state index is 0.503. The molecule has 5 nitrogen and oxygen atoms in total. The quantitative estimate of drug-likeness (QED) is 0.795. The molecule has 0 bridgehead atoms. The van der Waals surface area contributed by atoms with Crippen molar-refractivity contribution in [3.8, 4) is 0 Å². The van der Waals surface area contributed by atoms with Gasteiger partial charge < -0.3 is 11.1 Å². The summed E-state index contributed by atoms with van der Waals surface area (Å²) in [5.41, 5.74) is 7.43. The van der Waals surface area contributed by atoms with Gasteiger partial charge in [0.15, 0.2) is 0 Å². The number of rotatable bonds is 3. The molecule has 0 amide bonds. The van der Waals surface area contributed by atoms with E-state index in [1.54, 1.807) is 18.5 Å². The van der Waals surface area contributed by atoms with Crippen molar-refractivity contribution < 1.29 is 0 Å². The Bertz CT molecular complexity index is 449. The normalized spacial score (nSPS) is 10.2. The van der Waals surface area contributed by atoms with Gasteiger partial charge in [-0.1, -0.05) is 0 Å². The highest BCUT2D eigenvalue weighted by Gasteiger charge is 1.98. The molecule has 0 saturated heterocycles. The smallest absolute Gasteiger partial charge is 0.125 e. The number of hydrogen-bond acceptors (Lipinski definition) is 4. The predicted molar refractivity (Wildman–Crippen MR) is 59.8 cm³/mol. The van der Waals surface area contributed by atoms with Crippen LogP contribution in [0.2, 0.25) is 0 Å². The van der Waals surface area contributed by atoms with E-state index in [1.807, 2.05) is 23.9 Å². The molecular weight excluding hydrogens is 190 g/mol. The Morgan fingerprint density at radius 3 is 3.00 bits per heavy atom. The molecule has 0 unspecified atom stereocenters. The van der Waals surface area contributed by atoms with Gasteiger partial charge in [0.1, 0.15) is 5.82 Å². The van der Waals surface area contributed by atoms with Crippen LogP contribution in [0.1, 0.15) is 6.92 Å². The number of hydrogen-bond donors (Lipinski definition) is 2. The fourth-order valence-corrected chi connectivity index (χ4v) is 1.29. The molecule has 3 N–H and O–H groups in total. The minimum atomic E-state index is 0.503. The molecule has 2 aromatic heterocycles. The van der Waals surface area contributed by atoms with Crippen molar-refractivity contribution in [3.05, 3.63) is 30.7 Å². The van der Waals surface area contributed by atoms with Gasteiger partial charge in [-0.25, -0.2) is 4.98 Å². The maximum atomic E-state index is 5.57. The average Bonchev–Trinajstić information content (AvgIpc) is 2.65. The SMILES string of the molecule is CCn1cc(Nc2ccnc(N)c2)cn1. The molecule has 2 rings (SSSR count). The third-order valence-electron chi connectivity index (χ3n) is 2.03. The first-order valence-corrected chi connectivity index (χ1v) is 4.79. The molecule has 0 aliphatic carbocycles. The van der Waals surface area contributed by atoms with Crippen molar-refractivity contribution in [2.45, 2.75) is 13.5 Å². The molecule has 15 heavy (non-hydrogen) atoms. The highest BCUT2D eigenvalue weighted by molar-refractivity contribution is 5.60. The van der Waals surface area contributed by atoms with E-state index in [9.17, 15) is 0 Å². The molecule has 2 aromatic rings. The zero-order valence-electron chi connectivity index (χ0n) is 8.51. The summed E-state index contributed by atoms with van der Waals surface area (Å²) in [6.45, 7) is 2.90. The van der Waals surface area contributed by atoms with Crippen LogP contribution >= 0.6 is 0 Å². The average molecular weight is 203 g/mol. The lowest BCUT2D eigenvalue weighted by molar-refractivity contribution is 0.660. The van der Waals surface area contributed by atoms with Crippen molar-refractivity contribution in [2.24, 2.45) is 0 Å². The Balaban J connectivity index is 2.14. The number of nitrogens with two attached hydrogens (primary N) is 1. The Labute approximate surface area is 87.9 Å². The van der Waals surface area contributed by atoms with Crippen LogP contribution in [-0.2, 0) is 6.54 Å². The van der Waals surface area contributed by atoms with E-state index in [-0.39, 0.29) is 0 Å². The molecule has 0 aliphatic rings. The summed E-state index contributed by atoms with van der Waals surface area (Å²) in [5.74, 6) is 0.503. The van der Waals surface area contributed by atoms with E-state index >= 15 is 0 Å². The molecule has 5 heteroatoms. The lowest BCUT2D eigenvalue weighted by Gasteiger charge is -2.02. The van der Waals surface area contributed by atoms with Gasteiger partial charge >= 0.3 is 0 Å². The minimum Gasteiger partial charge on any atom is -0.384 e. The van der Waals surface area contributed by atoms with Gasteiger partial charge in [-0.2, -0.15) is 5.10 Å². The van der Waals surface area contributed by atoms with E-state index in [1.165, 1.54) is 0 Å². The van der Waals surface area contributed by atoms with Crippen molar-refractivity contribution in [1.29, 1.82) is 0 Å². The summed E-state index contributed by atoms with van der Waals surface area (Å²) in [6, 6.07) is 3.64. The molecule has 0 saturated carbocycles. The van der Waals surface area contributed by atoms with E-state index < -0.39 is 0 Å². The number of anilines is 3. The van der Waals surface area contributed by atoms with Crippen molar-refractivity contribution in [2.75, 3.05) is 11.1 Å². The van der Waals surface area contributed by atoms with Gasteiger partial charge in [0, 0.05) is 30.7 Å². The predicted octanol–water partition coefficient (Wildman–Crippen LogP) is 1.62. The zero-order valence-corrected chi connectivity index (χ0v) is 8.51. The number of aromatic nitrogens is 3. The number of nitrogen functional groups attached to an aromatic ring is 1. The van der Waals surface area contributed by atoms with E-state index in [0.29, 0.717) is 5.82 Å². The maximum absolute atomic E-state index is 5.57. The van der Waals surface area contributed by atoms with Crippen molar-refractivity contribution >= 4 is 17.2 Å². The third kappa shape index (κ3) is 2.25. The molecule has 0 aromatic carbocycles. The van der Waals surface area contributed by atoms with Gasteiger partial charge in [0.05, 0.1) is 11.9 Å². The lowest BCUT2D eigenvalue weighted by atomic mass is 10.4. The molecule has 0 radical (unpaired) electrons. The topological polar surface area (TPSA) is 68.8 Å². The van der Waals surface area contributed by atoms with Gasteiger partial charge in [-0.05, 0) is 13.0 Å². The highest BCUT2D eigenvalue weighted by Crippen LogP contribution is 2.16. The summed E-state index contributed by atoms with van der Waals surface area (Å²) in [6.07, 6.45) is 5.39. The summed E-state index contributed by atoms with van der Waals surface area (Å²) in [4.78, 5) is 3.92. The lowest BCUT2D eigenvalue weighted by Crippen LogP contribution is -1.94. The largest absolute Gasteiger partial charge is 0.384 e. The maximum Gasteiger partial charge on any atom is 0.125 e. The number of nitrogens with zero attached hydrogens (tertiary/aromatic N) is 3. The van der Waals surface area contributed by atoms with E-state index in [4.69, 9.17) is 5.73 Å². The van der Waals surface area contributed by atoms with Crippen LogP contribution in [0.4, 0.5) is 17.2 Å². The van der Waals surface area contributed by atoms with E-state index in [0.717, 1.165) is 17.9 Å². The number of nitrogens with one attached hydrogen (secondary N) is 1.